The highest BCUT2D eigenvalue weighted by Gasteiger charge is 2.18. The van der Waals surface area contributed by atoms with Crippen molar-refractivity contribution in [3.05, 3.63) is 123 Å². The lowest BCUT2D eigenvalue weighted by Gasteiger charge is -2.14. The van der Waals surface area contributed by atoms with Gasteiger partial charge in [0.05, 0.1) is 12.1 Å². The molecule has 0 unspecified atom stereocenters. The van der Waals surface area contributed by atoms with Gasteiger partial charge in [0.1, 0.15) is 23.0 Å². The van der Waals surface area contributed by atoms with Crippen molar-refractivity contribution in [1.82, 2.24) is 14.1 Å². The fourth-order valence-corrected chi connectivity index (χ4v) is 5.49. The normalized spacial score (nSPS) is 11.6. The zero-order valence-corrected chi connectivity index (χ0v) is 23.0. The van der Waals surface area contributed by atoms with Crippen LogP contribution in [0.3, 0.4) is 0 Å². The molecule has 0 spiro atoms. The Morgan fingerprint density at radius 3 is 2.27 bits per heavy atom. The van der Waals surface area contributed by atoms with Crippen LogP contribution in [-0.2, 0) is 13.1 Å². The standard InChI is InChI=1S/C33H31N7O/c1-19(2)32-38-28-12-13-39(18-25-5-3-4-22-9-11-24(31(36)37)16-27(22)25)33(41)29(28)40(32)17-20-6-7-21-8-10-23(30(34)35)15-26(21)14-20/h3-16,19H,17-18H2,1-2H3,(H3,34,35)(H3,36,37). The summed E-state index contributed by atoms with van der Waals surface area (Å²) in [7, 11) is 0. The second-order valence-electron chi connectivity index (χ2n) is 10.8. The number of benzene rings is 4. The summed E-state index contributed by atoms with van der Waals surface area (Å²) >= 11 is 0. The van der Waals surface area contributed by atoms with Gasteiger partial charge in [-0.3, -0.25) is 15.6 Å². The first kappa shape index (κ1) is 26.0. The first-order valence-corrected chi connectivity index (χ1v) is 13.5. The van der Waals surface area contributed by atoms with Gasteiger partial charge in [0.2, 0.25) is 0 Å². The maximum atomic E-state index is 14.0. The minimum absolute atomic E-state index is 0.0108. The number of nitrogens with zero attached hydrogens (tertiary/aromatic N) is 3. The van der Waals surface area contributed by atoms with Crippen LogP contribution in [0.1, 0.15) is 47.8 Å². The van der Waals surface area contributed by atoms with Crippen LogP contribution in [0.15, 0.2) is 89.9 Å². The van der Waals surface area contributed by atoms with Crippen molar-refractivity contribution in [2.45, 2.75) is 32.9 Å². The second kappa shape index (κ2) is 10.1. The zero-order valence-electron chi connectivity index (χ0n) is 23.0. The van der Waals surface area contributed by atoms with Crippen LogP contribution in [0.2, 0.25) is 0 Å². The van der Waals surface area contributed by atoms with E-state index in [9.17, 15) is 4.79 Å². The van der Waals surface area contributed by atoms with E-state index in [2.05, 4.69) is 32.0 Å². The Morgan fingerprint density at radius 1 is 0.829 bits per heavy atom. The van der Waals surface area contributed by atoms with Gasteiger partial charge in [0.15, 0.2) is 0 Å². The lowest BCUT2D eigenvalue weighted by atomic mass is 10.0. The highest BCUT2D eigenvalue weighted by molar-refractivity contribution is 6.00. The zero-order chi connectivity index (χ0) is 28.8. The predicted octanol–water partition coefficient (Wildman–Crippen LogP) is 5.29. The second-order valence-corrected chi connectivity index (χ2v) is 10.8. The molecule has 4 aromatic carbocycles. The number of imidazole rings is 1. The third-order valence-electron chi connectivity index (χ3n) is 7.60. The summed E-state index contributed by atoms with van der Waals surface area (Å²) in [6.07, 6.45) is 1.80. The van der Waals surface area contributed by atoms with Crippen molar-refractivity contribution in [2.24, 2.45) is 11.5 Å². The number of aromatic nitrogens is 3. The number of pyridine rings is 1. The summed E-state index contributed by atoms with van der Waals surface area (Å²) in [5.74, 6) is 1.01. The van der Waals surface area contributed by atoms with E-state index in [4.69, 9.17) is 27.3 Å². The van der Waals surface area contributed by atoms with Gasteiger partial charge < -0.3 is 20.6 Å². The molecule has 0 saturated carbocycles. The Kier molecular flexibility index (Phi) is 6.38. The Hall–Kier alpha value is -5.24. The van der Waals surface area contributed by atoms with E-state index in [0.29, 0.717) is 35.2 Å². The molecule has 2 heterocycles. The molecule has 0 aliphatic carbocycles. The molecule has 0 bridgehead atoms. The summed E-state index contributed by atoms with van der Waals surface area (Å²) in [4.78, 5) is 18.9. The molecule has 6 N–H and O–H groups in total. The molecule has 2 aromatic heterocycles. The number of nitrogen functional groups attached to an aromatic ring is 2. The molecule has 6 aromatic rings. The molecule has 0 atom stereocenters. The summed E-state index contributed by atoms with van der Waals surface area (Å²) in [5.41, 5.74) is 15.9. The quantitative estimate of drug-likeness (QED) is 0.161. The van der Waals surface area contributed by atoms with Crippen molar-refractivity contribution in [3.63, 3.8) is 0 Å². The SMILES string of the molecule is CC(C)c1nc2ccn(Cc3cccc4ccc(C(=N)N)cc34)c(=O)c2n1Cc1ccc2ccc(C(=N)N)cc2c1. The fourth-order valence-electron chi connectivity index (χ4n) is 5.49. The Labute approximate surface area is 236 Å². The molecule has 41 heavy (non-hydrogen) atoms. The van der Waals surface area contributed by atoms with E-state index < -0.39 is 0 Å². The van der Waals surface area contributed by atoms with Gasteiger partial charge in [-0.25, -0.2) is 4.98 Å². The molecule has 6 rings (SSSR count). The van der Waals surface area contributed by atoms with Crippen molar-refractivity contribution in [2.75, 3.05) is 0 Å². The first-order chi connectivity index (χ1) is 19.7. The highest BCUT2D eigenvalue weighted by atomic mass is 16.1. The topological polar surface area (TPSA) is 140 Å². The maximum absolute atomic E-state index is 14.0. The minimum Gasteiger partial charge on any atom is -0.384 e. The fraction of sp³-hybridized carbons (Fsp3) is 0.152. The number of rotatable bonds is 7. The van der Waals surface area contributed by atoms with Crippen molar-refractivity contribution in [3.8, 4) is 0 Å². The molecule has 204 valence electrons. The third-order valence-corrected chi connectivity index (χ3v) is 7.60. The van der Waals surface area contributed by atoms with Gasteiger partial charge in [-0.15, -0.1) is 0 Å². The van der Waals surface area contributed by atoms with E-state index in [1.807, 2.05) is 65.2 Å². The number of amidine groups is 2. The van der Waals surface area contributed by atoms with Gasteiger partial charge in [0, 0.05) is 29.8 Å². The molecule has 0 aliphatic rings. The Morgan fingerprint density at radius 2 is 1.54 bits per heavy atom. The molecular weight excluding hydrogens is 510 g/mol. The van der Waals surface area contributed by atoms with Gasteiger partial charge in [0.25, 0.3) is 5.56 Å². The smallest absolute Gasteiger partial charge is 0.277 e. The van der Waals surface area contributed by atoms with Crippen molar-refractivity contribution < 1.29 is 0 Å². The van der Waals surface area contributed by atoms with E-state index in [1.54, 1.807) is 10.8 Å². The Bertz CT molecular complexity index is 2070. The predicted molar refractivity (Wildman–Crippen MR) is 166 cm³/mol. The van der Waals surface area contributed by atoms with Crippen LogP contribution in [-0.4, -0.2) is 25.8 Å². The summed E-state index contributed by atoms with van der Waals surface area (Å²) in [6.45, 7) is 5.02. The molecule has 0 saturated heterocycles. The average molecular weight is 542 g/mol. The molecule has 0 amide bonds. The van der Waals surface area contributed by atoms with Crippen LogP contribution in [0, 0.1) is 10.8 Å². The molecule has 0 fully saturated rings. The minimum atomic E-state index is -0.110. The number of nitrogens with one attached hydrogen (secondary N) is 2. The van der Waals surface area contributed by atoms with E-state index in [0.717, 1.165) is 38.5 Å². The summed E-state index contributed by atoms with van der Waals surface area (Å²) in [6, 6.07) is 25.6. The van der Waals surface area contributed by atoms with Crippen LogP contribution >= 0.6 is 0 Å². The monoisotopic (exact) mass is 541 g/mol. The van der Waals surface area contributed by atoms with Gasteiger partial charge in [-0.1, -0.05) is 68.4 Å². The van der Waals surface area contributed by atoms with Gasteiger partial charge >= 0.3 is 0 Å². The lowest BCUT2D eigenvalue weighted by molar-refractivity contribution is 0.678. The Balaban J connectivity index is 1.45. The third kappa shape index (κ3) is 4.74. The van der Waals surface area contributed by atoms with Crippen molar-refractivity contribution in [1.29, 1.82) is 10.8 Å². The molecule has 0 radical (unpaired) electrons. The van der Waals surface area contributed by atoms with Gasteiger partial charge in [-0.05, 0) is 56.9 Å². The van der Waals surface area contributed by atoms with Crippen LogP contribution < -0.4 is 17.0 Å². The van der Waals surface area contributed by atoms with E-state index >= 15 is 0 Å². The number of hydrogen-bond donors (Lipinski definition) is 4. The van der Waals surface area contributed by atoms with E-state index in [-0.39, 0.29) is 23.1 Å². The maximum Gasteiger partial charge on any atom is 0.277 e. The average Bonchev–Trinajstić information content (AvgIpc) is 3.33. The number of hydrogen-bond acceptors (Lipinski definition) is 4. The van der Waals surface area contributed by atoms with Crippen LogP contribution in [0.25, 0.3) is 32.6 Å². The highest BCUT2D eigenvalue weighted by Crippen LogP contribution is 2.25. The summed E-state index contributed by atoms with van der Waals surface area (Å²) in [5, 5.41) is 19.7. The molecule has 8 heteroatoms. The summed E-state index contributed by atoms with van der Waals surface area (Å²) < 4.78 is 3.76. The molecule has 8 nitrogen and oxygen atoms in total. The van der Waals surface area contributed by atoms with Crippen LogP contribution in [0.5, 0.6) is 0 Å². The molecular formula is C33H31N7O. The lowest BCUT2D eigenvalue weighted by Crippen LogP contribution is -2.23. The van der Waals surface area contributed by atoms with E-state index in [1.165, 1.54) is 0 Å². The first-order valence-electron chi connectivity index (χ1n) is 13.5. The van der Waals surface area contributed by atoms with Gasteiger partial charge in [-0.2, -0.15) is 0 Å². The van der Waals surface area contributed by atoms with Crippen LogP contribution in [0.4, 0.5) is 0 Å². The molecule has 0 aliphatic heterocycles. The van der Waals surface area contributed by atoms with Crippen molar-refractivity contribution >= 4 is 44.2 Å². The number of nitrogens with two attached hydrogens (primary N) is 2. The number of fused-ring (bicyclic) bond motifs is 3. The largest absolute Gasteiger partial charge is 0.384 e.